The lowest BCUT2D eigenvalue weighted by Crippen LogP contribution is -2.32. The largest absolute Gasteiger partial charge is 0.373 e. The zero-order valence-electron chi connectivity index (χ0n) is 11.7. The Hall–Kier alpha value is -0.380. The van der Waals surface area contributed by atoms with Crippen molar-refractivity contribution in [3.63, 3.8) is 0 Å². The van der Waals surface area contributed by atoms with Crippen molar-refractivity contribution in [2.24, 2.45) is 17.1 Å². The molecular formula is C15H25NOS. The summed E-state index contributed by atoms with van der Waals surface area (Å²) in [4.78, 5) is 2.54. The Balaban J connectivity index is 1.86. The minimum absolute atomic E-state index is 0.423. The Morgan fingerprint density at radius 3 is 2.67 bits per heavy atom. The predicted molar refractivity (Wildman–Crippen MR) is 77.6 cm³/mol. The highest BCUT2D eigenvalue weighted by Crippen LogP contribution is 2.40. The van der Waals surface area contributed by atoms with Crippen molar-refractivity contribution in [1.82, 2.24) is 0 Å². The molecule has 1 aliphatic carbocycles. The molecule has 102 valence electrons. The molecule has 1 fully saturated rings. The number of ether oxygens (including phenoxy) is 1. The van der Waals surface area contributed by atoms with E-state index in [9.17, 15) is 0 Å². The molecule has 0 radical (unpaired) electrons. The van der Waals surface area contributed by atoms with Crippen molar-refractivity contribution in [3.05, 3.63) is 21.9 Å². The van der Waals surface area contributed by atoms with Gasteiger partial charge in [-0.05, 0) is 42.7 Å². The molecular weight excluding hydrogens is 242 g/mol. The van der Waals surface area contributed by atoms with Crippen LogP contribution in [-0.4, -0.2) is 6.10 Å². The van der Waals surface area contributed by atoms with Crippen LogP contribution in [0.15, 0.2) is 12.1 Å². The minimum atomic E-state index is 0.423. The Morgan fingerprint density at radius 1 is 1.33 bits per heavy atom. The molecule has 0 spiro atoms. The van der Waals surface area contributed by atoms with Gasteiger partial charge in [-0.25, -0.2) is 0 Å². The van der Waals surface area contributed by atoms with Gasteiger partial charge in [-0.3, -0.25) is 0 Å². The molecule has 1 heterocycles. The molecule has 1 aliphatic rings. The maximum absolute atomic E-state index is 6.10. The first kappa shape index (κ1) is 14.0. The highest BCUT2D eigenvalue weighted by Gasteiger charge is 2.32. The molecule has 0 aliphatic heterocycles. The second kappa shape index (κ2) is 5.72. The Kier molecular flexibility index (Phi) is 4.46. The lowest BCUT2D eigenvalue weighted by molar-refractivity contribution is -0.0306. The SMILES string of the molecule is CC1CC(OCc2ccc(CN)s2)CC(C)(C)C1. The molecule has 2 rings (SSSR count). The van der Waals surface area contributed by atoms with Gasteiger partial charge in [0.25, 0.3) is 0 Å². The molecule has 0 saturated heterocycles. The smallest absolute Gasteiger partial charge is 0.0813 e. The summed E-state index contributed by atoms with van der Waals surface area (Å²) in [7, 11) is 0. The summed E-state index contributed by atoms with van der Waals surface area (Å²) in [6, 6.07) is 4.25. The summed E-state index contributed by atoms with van der Waals surface area (Å²) in [5.74, 6) is 0.779. The van der Waals surface area contributed by atoms with Crippen molar-refractivity contribution >= 4 is 11.3 Å². The molecule has 2 unspecified atom stereocenters. The summed E-state index contributed by atoms with van der Waals surface area (Å²) < 4.78 is 6.10. The first-order valence-corrected chi connectivity index (χ1v) is 7.69. The van der Waals surface area contributed by atoms with E-state index in [4.69, 9.17) is 10.5 Å². The van der Waals surface area contributed by atoms with Crippen LogP contribution in [0, 0.1) is 11.3 Å². The number of hydrogen-bond donors (Lipinski definition) is 1. The highest BCUT2D eigenvalue weighted by atomic mass is 32.1. The highest BCUT2D eigenvalue weighted by molar-refractivity contribution is 7.11. The molecule has 1 aromatic heterocycles. The molecule has 3 heteroatoms. The fraction of sp³-hybridized carbons (Fsp3) is 0.733. The van der Waals surface area contributed by atoms with Gasteiger partial charge in [0.2, 0.25) is 0 Å². The van der Waals surface area contributed by atoms with Gasteiger partial charge >= 0.3 is 0 Å². The van der Waals surface area contributed by atoms with E-state index in [1.165, 1.54) is 29.0 Å². The lowest BCUT2D eigenvalue weighted by atomic mass is 9.71. The van der Waals surface area contributed by atoms with Crippen molar-refractivity contribution in [1.29, 1.82) is 0 Å². The Morgan fingerprint density at radius 2 is 2.06 bits per heavy atom. The quantitative estimate of drug-likeness (QED) is 0.897. The van der Waals surface area contributed by atoms with Gasteiger partial charge in [-0.2, -0.15) is 0 Å². The van der Waals surface area contributed by atoms with E-state index in [-0.39, 0.29) is 0 Å². The number of hydrogen-bond acceptors (Lipinski definition) is 3. The van der Waals surface area contributed by atoms with Gasteiger partial charge in [-0.1, -0.05) is 20.8 Å². The molecule has 2 atom stereocenters. The van der Waals surface area contributed by atoms with Crippen molar-refractivity contribution in [3.8, 4) is 0 Å². The topological polar surface area (TPSA) is 35.2 Å². The van der Waals surface area contributed by atoms with Crippen LogP contribution in [0.2, 0.25) is 0 Å². The van der Waals surface area contributed by atoms with Crippen molar-refractivity contribution in [2.75, 3.05) is 0 Å². The minimum Gasteiger partial charge on any atom is -0.373 e. The van der Waals surface area contributed by atoms with Gasteiger partial charge in [-0.15, -0.1) is 11.3 Å². The van der Waals surface area contributed by atoms with Gasteiger partial charge in [0.05, 0.1) is 12.7 Å². The van der Waals surface area contributed by atoms with Crippen LogP contribution in [0.3, 0.4) is 0 Å². The predicted octanol–water partition coefficient (Wildman–Crippen LogP) is 3.94. The van der Waals surface area contributed by atoms with Crippen LogP contribution in [0.4, 0.5) is 0 Å². The number of nitrogens with two attached hydrogens (primary N) is 1. The molecule has 0 amide bonds. The zero-order valence-corrected chi connectivity index (χ0v) is 12.6. The van der Waals surface area contributed by atoms with E-state index in [0.717, 1.165) is 12.5 Å². The summed E-state index contributed by atoms with van der Waals surface area (Å²) in [6.45, 7) is 8.44. The second-order valence-electron chi connectivity index (χ2n) is 6.42. The summed E-state index contributed by atoms with van der Waals surface area (Å²) in [5, 5.41) is 0. The zero-order chi connectivity index (χ0) is 13.2. The fourth-order valence-corrected chi connectivity index (χ4v) is 4.01. The summed E-state index contributed by atoms with van der Waals surface area (Å²) in [6.07, 6.45) is 4.14. The molecule has 0 aromatic carbocycles. The molecule has 2 N–H and O–H groups in total. The molecule has 1 aromatic rings. The average molecular weight is 267 g/mol. The Labute approximate surface area is 115 Å². The van der Waals surface area contributed by atoms with Gasteiger partial charge in [0.1, 0.15) is 0 Å². The van der Waals surface area contributed by atoms with Crippen molar-refractivity contribution < 1.29 is 4.74 Å². The monoisotopic (exact) mass is 267 g/mol. The third kappa shape index (κ3) is 3.81. The van der Waals surface area contributed by atoms with E-state index < -0.39 is 0 Å². The Bertz CT molecular complexity index is 386. The van der Waals surface area contributed by atoms with Crippen LogP contribution in [0.25, 0.3) is 0 Å². The maximum atomic E-state index is 6.10. The van der Waals surface area contributed by atoms with Crippen LogP contribution in [-0.2, 0) is 17.9 Å². The van der Waals surface area contributed by atoms with Gasteiger partial charge < -0.3 is 10.5 Å². The van der Waals surface area contributed by atoms with Crippen LogP contribution >= 0.6 is 11.3 Å². The van der Waals surface area contributed by atoms with Gasteiger partial charge in [0.15, 0.2) is 0 Å². The average Bonchev–Trinajstić information content (AvgIpc) is 2.71. The van der Waals surface area contributed by atoms with Crippen LogP contribution in [0.1, 0.15) is 49.8 Å². The molecule has 1 saturated carbocycles. The third-order valence-electron chi connectivity index (χ3n) is 3.73. The maximum Gasteiger partial charge on any atom is 0.0813 e. The van der Waals surface area contributed by atoms with E-state index in [1.807, 2.05) is 0 Å². The van der Waals surface area contributed by atoms with E-state index >= 15 is 0 Å². The molecule has 2 nitrogen and oxygen atoms in total. The first-order chi connectivity index (χ1) is 8.48. The van der Waals surface area contributed by atoms with Gasteiger partial charge in [0, 0.05) is 16.3 Å². The van der Waals surface area contributed by atoms with E-state index in [1.54, 1.807) is 11.3 Å². The third-order valence-corrected chi connectivity index (χ3v) is 4.81. The standard InChI is InChI=1S/C15H25NOS/c1-11-6-12(8-15(2,3)7-11)17-10-14-5-4-13(9-16)18-14/h4-5,11-12H,6-10,16H2,1-3H3. The summed E-state index contributed by atoms with van der Waals surface area (Å²) in [5.41, 5.74) is 6.06. The lowest BCUT2D eigenvalue weighted by Gasteiger charge is -2.38. The second-order valence-corrected chi connectivity index (χ2v) is 7.67. The number of rotatable bonds is 4. The van der Waals surface area contributed by atoms with Crippen LogP contribution in [0.5, 0.6) is 0 Å². The normalized spacial score (nSPS) is 27.3. The summed E-state index contributed by atoms with van der Waals surface area (Å²) >= 11 is 1.77. The molecule has 18 heavy (non-hydrogen) atoms. The fourth-order valence-electron chi connectivity index (χ4n) is 3.19. The van der Waals surface area contributed by atoms with E-state index in [2.05, 4.69) is 32.9 Å². The first-order valence-electron chi connectivity index (χ1n) is 6.88. The van der Waals surface area contributed by atoms with Crippen molar-refractivity contribution in [2.45, 2.75) is 59.3 Å². The van der Waals surface area contributed by atoms with E-state index in [0.29, 0.717) is 18.1 Å². The number of thiophene rings is 1. The molecule has 0 bridgehead atoms. The van der Waals surface area contributed by atoms with Crippen LogP contribution < -0.4 is 5.73 Å².